The minimum Gasteiger partial charge on any atom is -0.454 e. The minimum atomic E-state index is 0.274. The lowest BCUT2D eigenvalue weighted by Gasteiger charge is -2.29. The van der Waals surface area contributed by atoms with Gasteiger partial charge in [-0.15, -0.1) is 0 Å². The summed E-state index contributed by atoms with van der Waals surface area (Å²) in [5, 5.41) is 0. The van der Waals surface area contributed by atoms with E-state index in [-0.39, 0.29) is 12.7 Å². The molecule has 0 bridgehead atoms. The molecule has 8 heteroatoms. The summed E-state index contributed by atoms with van der Waals surface area (Å²) in [6.07, 6.45) is 10.1. The molecule has 1 fully saturated rings. The Morgan fingerprint density at radius 1 is 1.00 bits per heavy atom. The van der Waals surface area contributed by atoms with E-state index >= 15 is 0 Å². The molecule has 1 saturated heterocycles. The van der Waals surface area contributed by atoms with Gasteiger partial charge in [0, 0.05) is 32.1 Å². The first kappa shape index (κ1) is 34.0. The summed E-state index contributed by atoms with van der Waals surface area (Å²) in [5.41, 5.74) is 1.27. The fraction of sp³-hybridized carbons (Fsp3) is 0.750. The number of hydrogen-bond donors (Lipinski definition) is 1. The number of benzene rings is 1. The second-order valence-corrected chi connectivity index (χ2v) is 12.0. The molecular weight excluding hydrogens is 504 g/mol. The molecule has 1 unspecified atom stereocenters. The van der Waals surface area contributed by atoms with E-state index < -0.39 is 0 Å². The van der Waals surface area contributed by atoms with Gasteiger partial charge in [0.25, 0.3) is 0 Å². The Morgan fingerprint density at radius 3 is 2.33 bits per heavy atom. The van der Waals surface area contributed by atoms with Crippen LogP contribution in [-0.2, 0) is 9.59 Å². The van der Waals surface area contributed by atoms with Crippen LogP contribution >= 0.6 is 0 Å². The Bertz CT molecular complexity index is 855. The van der Waals surface area contributed by atoms with Crippen LogP contribution in [0.1, 0.15) is 83.1 Å². The van der Waals surface area contributed by atoms with Crippen molar-refractivity contribution in [2.45, 2.75) is 83.6 Å². The number of aldehydes is 1. The Hall–Kier alpha value is -2.16. The van der Waals surface area contributed by atoms with Gasteiger partial charge >= 0.3 is 0 Å². The van der Waals surface area contributed by atoms with E-state index in [4.69, 9.17) is 9.47 Å². The number of carbonyl (C=O) groups is 2. The van der Waals surface area contributed by atoms with E-state index in [2.05, 4.69) is 68.9 Å². The molecule has 2 atom stereocenters. The highest BCUT2D eigenvalue weighted by Gasteiger charge is 2.35. The highest BCUT2D eigenvalue weighted by atomic mass is 16.7. The lowest BCUT2D eigenvalue weighted by molar-refractivity contribution is -0.836. The molecule has 0 aliphatic carbocycles. The molecule has 0 radical (unpaired) electrons. The summed E-state index contributed by atoms with van der Waals surface area (Å²) < 4.78 is 11.1. The van der Waals surface area contributed by atoms with Gasteiger partial charge in [-0.2, -0.15) is 0 Å². The average Bonchev–Trinajstić information content (AvgIpc) is 3.56. The molecule has 2 aliphatic heterocycles. The van der Waals surface area contributed by atoms with Crippen molar-refractivity contribution < 1.29 is 24.0 Å². The van der Waals surface area contributed by atoms with Crippen LogP contribution in [-0.4, -0.2) is 107 Å². The third-order valence-electron chi connectivity index (χ3n) is 7.61. The number of hydrogen-bond acceptors (Lipinski definition) is 6. The number of carbonyl (C=O) groups excluding carboxylic acids is 2. The quantitative estimate of drug-likeness (QED) is 0.232. The third kappa shape index (κ3) is 12.1. The van der Waals surface area contributed by atoms with Crippen LogP contribution in [0.4, 0.5) is 0 Å². The number of ether oxygens (including phenoxy) is 2. The van der Waals surface area contributed by atoms with Crippen LogP contribution in [0, 0.1) is 0 Å². The summed E-state index contributed by atoms with van der Waals surface area (Å²) in [7, 11) is 8.41. The largest absolute Gasteiger partial charge is 0.454 e. The lowest BCUT2D eigenvalue weighted by Crippen LogP contribution is -3.02. The van der Waals surface area contributed by atoms with Gasteiger partial charge < -0.3 is 29.0 Å². The fourth-order valence-electron chi connectivity index (χ4n) is 5.31. The molecule has 0 saturated carbocycles. The molecule has 1 aromatic rings. The van der Waals surface area contributed by atoms with Crippen molar-refractivity contribution in [2.75, 3.05) is 74.3 Å². The van der Waals surface area contributed by atoms with Crippen LogP contribution in [0.15, 0.2) is 18.2 Å². The molecule has 3 rings (SSSR count). The van der Waals surface area contributed by atoms with Crippen molar-refractivity contribution >= 4 is 12.2 Å². The van der Waals surface area contributed by atoms with Gasteiger partial charge in [0.2, 0.25) is 12.7 Å². The maximum absolute atomic E-state index is 13.4. The number of quaternary nitrogens is 1. The van der Waals surface area contributed by atoms with Crippen LogP contribution in [0.25, 0.3) is 0 Å². The molecule has 1 amide bonds. The number of amides is 1. The number of unbranched alkanes of at least 4 members (excludes halogenated alkanes) is 4. The average molecular weight is 562 g/mol. The molecule has 228 valence electrons. The standard InChI is InChI=1S/C29H47N3O4.C3H9N/c1-4-6-15-31(16-7-5-2)29(34)22-32-21-25(24-11-12-27-28(20-24)36-23-35-27)19-26(32)13-17-30(3)14-9-8-10-18-33;1-4(2)3/h11-12,18,20,25-26H,4-10,13-17,19,21-23H2,1-3H3;1-3H3/p+1/t25?,26-;/m0./s1. The van der Waals surface area contributed by atoms with Crippen LogP contribution < -0.4 is 14.4 Å². The van der Waals surface area contributed by atoms with E-state index in [1.807, 2.05) is 6.07 Å². The first-order valence-corrected chi connectivity index (χ1v) is 15.6. The predicted octanol–water partition coefficient (Wildman–Crippen LogP) is 3.45. The molecule has 1 aromatic carbocycles. The van der Waals surface area contributed by atoms with Crippen LogP contribution in [0.2, 0.25) is 0 Å². The predicted molar refractivity (Wildman–Crippen MR) is 162 cm³/mol. The number of nitrogens with one attached hydrogen (secondary N) is 1. The molecule has 2 aliphatic rings. The summed E-state index contributed by atoms with van der Waals surface area (Å²) >= 11 is 0. The zero-order valence-corrected chi connectivity index (χ0v) is 26.3. The van der Waals surface area contributed by atoms with E-state index in [0.29, 0.717) is 24.9 Å². The van der Waals surface area contributed by atoms with Gasteiger partial charge in [0.1, 0.15) is 6.29 Å². The summed E-state index contributed by atoms with van der Waals surface area (Å²) in [5.74, 6) is 2.31. The maximum atomic E-state index is 13.4. The Labute approximate surface area is 244 Å². The monoisotopic (exact) mass is 561 g/mol. The zero-order valence-electron chi connectivity index (χ0n) is 26.3. The molecule has 1 N–H and O–H groups in total. The van der Waals surface area contributed by atoms with Gasteiger partial charge in [-0.25, -0.2) is 0 Å². The number of rotatable bonds is 17. The van der Waals surface area contributed by atoms with E-state index in [1.54, 1.807) is 0 Å². The Morgan fingerprint density at radius 2 is 1.68 bits per heavy atom. The second kappa shape index (κ2) is 19.1. The topological polar surface area (TPSA) is 66.8 Å². The summed E-state index contributed by atoms with van der Waals surface area (Å²) in [6, 6.07) is 6.68. The van der Waals surface area contributed by atoms with Crippen molar-refractivity contribution in [3.63, 3.8) is 0 Å². The van der Waals surface area contributed by atoms with E-state index in [9.17, 15) is 9.59 Å². The maximum Gasteiger partial charge on any atom is 0.236 e. The molecule has 40 heavy (non-hydrogen) atoms. The van der Waals surface area contributed by atoms with Crippen molar-refractivity contribution in [3.05, 3.63) is 23.8 Å². The highest BCUT2D eigenvalue weighted by molar-refractivity contribution is 5.78. The van der Waals surface area contributed by atoms with Crippen molar-refractivity contribution in [3.8, 4) is 11.5 Å². The SMILES string of the molecule is CCCCN(CCCC)C(=O)CN1CC(c2ccc3c(c2)OCO3)C[C@@H]1CCN(C)CCCCC=O.C[NH+](C)C. The lowest BCUT2D eigenvalue weighted by atomic mass is 9.95. The Kier molecular flexibility index (Phi) is 16.2. The van der Waals surface area contributed by atoms with Crippen molar-refractivity contribution in [1.82, 2.24) is 14.7 Å². The van der Waals surface area contributed by atoms with Gasteiger partial charge in [0.05, 0.1) is 27.7 Å². The zero-order chi connectivity index (χ0) is 29.3. The molecule has 2 heterocycles. The molecule has 0 spiro atoms. The number of likely N-dealkylation sites (tertiary alicyclic amines) is 1. The number of fused-ring (bicyclic) bond motifs is 1. The normalized spacial score (nSPS) is 18.2. The van der Waals surface area contributed by atoms with Crippen molar-refractivity contribution in [2.24, 2.45) is 0 Å². The first-order valence-electron chi connectivity index (χ1n) is 15.6. The second-order valence-electron chi connectivity index (χ2n) is 12.0. The molecule has 8 nitrogen and oxygen atoms in total. The smallest absolute Gasteiger partial charge is 0.236 e. The van der Waals surface area contributed by atoms with Gasteiger partial charge in [-0.3, -0.25) is 9.69 Å². The van der Waals surface area contributed by atoms with Crippen molar-refractivity contribution in [1.29, 1.82) is 0 Å². The summed E-state index contributed by atoms with van der Waals surface area (Å²) in [6.45, 7) is 9.79. The Balaban J connectivity index is 0.00000131. The number of nitrogens with zero attached hydrogens (tertiary/aromatic N) is 3. The molecule has 0 aromatic heterocycles. The molecular formula is C32H57N4O4+. The fourth-order valence-corrected chi connectivity index (χ4v) is 5.31. The highest BCUT2D eigenvalue weighted by Crippen LogP contribution is 2.39. The third-order valence-corrected chi connectivity index (χ3v) is 7.61. The van der Waals surface area contributed by atoms with Gasteiger partial charge in [-0.05, 0) is 82.3 Å². The van der Waals surface area contributed by atoms with Gasteiger partial charge in [0.15, 0.2) is 11.5 Å². The van der Waals surface area contributed by atoms with E-state index in [0.717, 1.165) is 102 Å². The minimum absolute atomic E-state index is 0.274. The van der Waals surface area contributed by atoms with Crippen LogP contribution in [0.5, 0.6) is 11.5 Å². The summed E-state index contributed by atoms with van der Waals surface area (Å²) in [4.78, 5) is 32.3. The van der Waals surface area contributed by atoms with E-state index in [1.165, 1.54) is 10.5 Å². The van der Waals surface area contributed by atoms with Crippen LogP contribution in [0.3, 0.4) is 0 Å². The first-order chi connectivity index (χ1) is 19.3. The van der Waals surface area contributed by atoms with Gasteiger partial charge in [-0.1, -0.05) is 32.8 Å².